The Labute approximate surface area is 107 Å². The average Bonchev–Trinajstić information content (AvgIpc) is 2.98. The van der Waals surface area contributed by atoms with E-state index in [1.807, 2.05) is 6.92 Å². The predicted octanol–water partition coefficient (Wildman–Crippen LogP) is 2.74. The lowest BCUT2D eigenvalue weighted by Gasteiger charge is -2.08. The summed E-state index contributed by atoms with van der Waals surface area (Å²) in [7, 11) is 0. The molecule has 90 valence electrons. The minimum Gasteiger partial charge on any atom is -0.478 e. The van der Waals surface area contributed by atoms with Gasteiger partial charge in [0, 0.05) is 10.4 Å². The molecule has 1 aliphatic carbocycles. The summed E-state index contributed by atoms with van der Waals surface area (Å²) in [6.45, 7) is 2.00. The van der Waals surface area contributed by atoms with Crippen molar-refractivity contribution in [1.29, 1.82) is 0 Å². The van der Waals surface area contributed by atoms with Crippen LogP contribution in [0.25, 0.3) is 0 Å². The lowest BCUT2D eigenvalue weighted by atomic mass is 10.1. The minimum absolute atomic E-state index is 0.0280. The first kappa shape index (κ1) is 12.1. The fourth-order valence-corrected chi connectivity index (χ4v) is 2.08. The number of carbonyl (C=O) groups excluding carboxylic acids is 1. The number of nitrogens with one attached hydrogen (secondary N) is 1. The van der Waals surface area contributed by atoms with E-state index in [-0.39, 0.29) is 17.4 Å². The summed E-state index contributed by atoms with van der Waals surface area (Å²) in [6.07, 6.45) is 0.880. The maximum absolute atomic E-state index is 11.7. The van der Waals surface area contributed by atoms with Crippen molar-refractivity contribution < 1.29 is 14.7 Å². The molecule has 1 amide bonds. The van der Waals surface area contributed by atoms with Crippen molar-refractivity contribution in [2.24, 2.45) is 11.8 Å². The number of carboxylic acid groups (broad SMARTS) is 1. The Balaban J connectivity index is 2.20. The van der Waals surface area contributed by atoms with Crippen LogP contribution in [0.15, 0.2) is 22.7 Å². The molecule has 4 nitrogen and oxygen atoms in total. The van der Waals surface area contributed by atoms with E-state index in [0.717, 1.165) is 6.42 Å². The van der Waals surface area contributed by atoms with E-state index in [1.54, 1.807) is 12.1 Å². The van der Waals surface area contributed by atoms with Crippen molar-refractivity contribution in [3.8, 4) is 0 Å². The van der Waals surface area contributed by atoms with Crippen LogP contribution in [0.4, 0.5) is 5.69 Å². The molecule has 2 N–H and O–H groups in total. The summed E-state index contributed by atoms with van der Waals surface area (Å²) < 4.78 is 0.674. The number of aromatic carboxylic acids is 1. The van der Waals surface area contributed by atoms with E-state index in [0.29, 0.717) is 16.1 Å². The van der Waals surface area contributed by atoms with Crippen molar-refractivity contribution in [3.63, 3.8) is 0 Å². The number of rotatable bonds is 3. The Hall–Kier alpha value is -1.36. The molecule has 17 heavy (non-hydrogen) atoms. The Morgan fingerprint density at radius 3 is 2.65 bits per heavy atom. The van der Waals surface area contributed by atoms with Gasteiger partial charge in [-0.25, -0.2) is 4.79 Å². The van der Waals surface area contributed by atoms with E-state index < -0.39 is 5.97 Å². The first-order valence-electron chi connectivity index (χ1n) is 5.32. The summed E-state index contributed by atoms with van der Waals surface area (Å²) >= 11 is 3.21. The highest BCUT2D eigenvalue weighted by atomic mass is 79.9. The van der Waals surface area contributed by atoms with Crippen LogP contribution < -0.4 is 5.32 Å². The fraction of sp³-hybridized carbons (Fsp3) is 0.333. The zero-order valence-corrected chi connectivity index (χ0v) is 10.8. The number of benzene rings is 1. The molecule has 0 aliphatic heterocycles. The fourth-order valence-electron chi connectivity index (χ4n) is 1.72. The lowest BCUT2D eigenvalue weighted by Crippen LogP contribution is -2.16. The van der Waals surface area contributed by atoms with Crippen LogP contribution in [-0.2, 0) is 4.79 Å². The van der Waals surface area contributed by atoms with Crippen LogP contribution in [0.5, 0.6) is 0 Å². The predicted molar refractivity (Wildman–Crippen MR) is 67.0 cm³/mol. The highest BCUT2D eigenvalue weighted by molar-refractivity contribution is 9.10. The number of hydrogen-bond donors (Lipinski definition) is 2. The van der Waals surface area contributed by atoms with E-state index in [2.05, 4.69) is 21.2 Å². The van der Waals surface area contributed by atoms with E-state index in [9.17, 15) is 9.59 Å². The van der Waals surface area contributed by atoms with Crippen LogP contribution in [0, 0.1) is 11.8 Å². The van der Waals surface area contributed by atoms with Crippen molar-refractivity contribution >= 4 is 33.5 Å². The van der Waals surface area contributed by atoms with Crippen molar-refractivity contribution in [1.82, 2.24) is 0 Å². The molecule has 0 saturated heterocycles. The SMILES string of the molecule is CC1CC1C(=O)Nc1ccc(Br)cc1C(=O)O. The zero-order chi connectivity index (χ0) is 12.6. The molecule has 1 aliphatic rings. The van der Waals surface area contributed by atoms with Crippen LogP contribution in [0.2, 0.25) is 0 Å². The largest absolute Gasteiger partial charge is 0.478 e. The second-order valence-corrected chi connectivity index (χ2v) is 5.22. The normalized spacial score (nSPS) is 22.0. The number of halogens is 1. The van der Waals surface area contributed by atoms with Gasteiger partial charge >= 0.3 is 5.97 Å². The van der Waals surface area contributed by atoms with Gasteiger partial charge in [-0.15, -0.1) is 0 Å². The minimum atomic E-state index is -1.05. The molecule has 1 fully saturated rings. The van der Waals surface area contributed by atoms with Crippen LogP contribution >= 0.6 is 15.9 Å². The second-order valence-electron chi connectivity index (χ2n) is 4.30. The Morgan fingerprint density at radius 1 is 1.47 bits per heavy atom. The first-order chi connectivity index (χ1) is 7.99. The highest BCUT2D eigenvalue weighted by Crippen LogP contribution is 2.38. The molecule has 2 atom stereocenters. The smallest absolute Gasteiger partial charge is 0.337 e. The Morgan fingerprint density at radius 2 is 2.12 bits per heavy atom. The molecule has 1 aromatic rings. The van der Waals surface area contributed by atoms with Gasteiger partial charge in [0.25, 0.3) is 0 Å². The van der Waals surface area contributed by atoms with Gasteiger partial charge in [0.1, 0.15) is 0 Å². The van der Waals surface area contributed by atoms with Gasteiger partial charge in [-0.3, -0.25) is 4.79 Å². The maximum atomic E-state index is 11.7. The van der Waals surface area contributed by atoms with Crippen LogP contribution in [0.3, 0.4) is 0 Å². The monoisotopic (exact) mass is 297 g/mol. The van der Waals surface area contributed by atoms with E-state index in [1.165, 1.54) is 6.07 Å². The van der Waals surface area contributed by atoms with Gasteiger partial charge in [-0.2, -0.15) is 0 Å². The number of carbonyl (C=O) groups is 2. The summed E-state index contributed by atoms with van der Waals surface area (Å²) in [5.41, 5.74) is 0.450. The molecular formula is C12H12BrNO3. The molecule has 0 aromatic heterocycles. The van der Waals surface area contributed by atoms with Gasteiger partial charge in [0.2, 0.25) is 5.91 Å². The molecule has 0 spiro atoms. The third-order valence-electron chi connectivity index (χ3n) is 2.92. The Bertz CT molecular complexity index is 487. The third-order valence-corrected chi connectivity index (χ3v) is 3.41. The average molecular weight is 298 g/mol. The van der Waals surface area contributed by atoms with Gasteiger partial charge in [-0.1, -0.05) is 22.9 Å². The first-order valence-corrected chi connectivity index (χ1v) is 6.12. The summed E-state index contributed by atoms with van der Waals surface area (Å²) in [4.78, 5) is 22.8. The highest BCUT2D eigenvalue weighted by Gasteiger charge is 2.39. The standard InChI is InChI=1S/C12H12BrNO3/c1-6-4-8(6)11(15)14-10-3-2-7(13)5-9(10)12(16)17/h2-3,5-6,8H,4H2,1H3,(H,14,15)(H,16,17). The molecule has 0 heterocycles. The summed E-state index contributed by atoms with van der Waals surface area (Å²) in [5.74, 6) is -0.716. The zero-order valence-electron chi connectivity index (χ0n) is 9.24. The summed E-state index contributed by atoms with van der Waals surface area (Å²) in [6, 6.07) is 4.78. The number of hydrogen-bond acceptors (Lipinski definition) is 2. The van der Waals surface area contributed by atoms with E-state index >= 15 is 0 Å². The number of carboxylic acids is 1. The van der Waals surface area contributed by atoms with Gasteiger partial charge in [0.15, 0.2) is 0 Å². The number of anilines is 1. The number of amides is 1. The third kappa shape index (κ3) is 2.66. The van der Waals surface area contributed by atoms with Crippen molar-refractivity contribution in [2.75, 3.05) is 5.32 Å². The van der Waals surface area contributed by atoms with Crippen molar-refractivity contribution in [2.45, 2.75) is 13.3 Å². The molecular weight excluding hydrogens is 286 g/mol. The molecule has 1 aromatic carbocycles. The molecule has 0 radical (unpaired) electrons. The van der Waals surface area contributed by atoms with Crippen molar-refractivity contribution in [3.05, 3.63) is 28.2 Å². The van der Waals surface area contributed by atoms with Gasteiger partial charge in [-0.05, 0) is 30.5 Å². The molecule has 0 bridgehead atoms. The lowest BCUT2D eigenvalue weighted by molar-refractivity contribution is -0.117. The topological polar surface area (TPSA) is 66.4 Å². The second kappa shape index (κ2) is 4.49. The van der Waals surface area contributed by atoms with Crippen LogP contribution in [0.1, 0.15) is 23.7 Å². The molecule has 2 unspecified atom stereocenters. The van der Waals surface area contributed by atoms with E-state index in [4.69, 9.17) is 5.11 Å². The molecule has 5 heteroatoms. The van der Waals surface area contributed by atoms with Gasteiger partial charge in [0.05, 0.1) is 11.3 Å². The van der Waals surface area contributed by atoms with Gasteiger partial charge < -0.3 is 10.4 Å². The quantitative estimate of drug-likeness (QED) is 0.901. The van der Waals surface area contributed by atoms with Crippen LogP contribution in [-0.4, -0.2) is 17.0 Å². The molecule has 2 rings (SSSR count). The maximum Gasteiger partial charge on any atom is 0.337 e. The summed E-state index contributed by atoms with van der Waals surface area (Å²) in [5, 5.41) is 11.7. The Kier molecular flexibility index (Phi) is 3.19. The molecule has 1 saturated carbocycles.